The van der Waals surface area contributed by atoms with Gasteiger partial charge in [0.25, 0.3) is 5.91 Å². The summed E-state index contributed by atoms with van der Waals surface area (Å²) in [6.07, 6.45) is 2.43. The van der Waals surface area contributed by atoms with E-state index in [1.165, 1.54) is 18.2 Å². The maximum Gasteiger partial charge on any atom is 0.251 e. The smallest absolute Gasteiger partial charge is 0.251 e. The second kappa shape index (κ2) is 8.38. The minimum absolute atomic E-state index is 0.258. The zero-order valence-corrected chi connectivity index (χ0v) is 19.9. The Bertz CT molecular complexity index is 1440. The molecule has 1 fully saturated rings. The molecule has 3 N–H and O–H groups in total. The Morgan fingerprint density at radius 1 is 1.03 bits per heavy atom. The number of halogens is 2. The fourth-order valence-electron chi connectivity index (χ4n) is 5.76. The van der Waals surface area contributed by atoms with Crippen molar-refractivity contribution in [1.29, 1.82) is 0 Å². The van der Waals surface area contributed by atoms with Gasteiger partial charge >= 0.3 is 0 Å². The van der Waals surface area contributed by atoms with Crippen molar-refractivity contribution < 1.29 is 18.3 Å². The molecule has 4 atom stereocenters. The van der Waals surface area contributed by atoms with Gasteiger partial charge in [-0.25, -0.2) is 13.8 Å². The number of carbonyl (C=O) groups excluding carboxylic acids is 1. The van der Waals surface area contributed by atoms with Crippen molar-refractivity contribution in [2.24, 2.45) is 11.8 Å². The first-order chi connectivity index (χ1) is 17.3. The topological polar surface area (TPSA) is 77.2 Å². The quantitative estimate of drug-likeness (QED) is 0.508. The summed E-state index contributed by atoms with van der Waals surface area (Å²) >= 11 is 0. The lowest BCUT2D eigenvalue weighted by Gasteiger charge is -2.30. The third-order valence-electron chi connectivity index (χ3n) is 7.51. The number of hydrogen-bond acceptors (Lipinski definition) is 4. The van der Waals surface area contributed by atoms with Gasteiger partial charge in [-0.1, -0.05) is 30.3 Å². The van der Waals surface area contributed by atoms with E-state index in [1.54, 1.807) is 18.2 Å². The number of nitrogens with zero attached hydrogens (tertiary/aromatic N) is 1. The van der Waals surface area contributed by atoms with Crippen LogP contribution in [0.1, 0.15) is 40.2 Å². The van der Waals surface area contributed by atoms with E-state index < -0.39 is 12.0 Å². The highest BCUT2D eigenvalue weighted by Gasteiger charge is 2.54. The highest BCUT2D eigenvalue weighted by Crippen LogP contribution is 2.61. The van der Waals surface area contributed by atoms with Crippen molar-refractivity contribution >= 4 is 11.7 Å². The Labute approximate surface area is 207 Å². The van der Waals surface area contributed by atoms with Crippen LogP contribution in [0.25, 0.3) is 11.1 Å². The molecule has 6 rings (SSSR count). The summed E-state index contributed by atoms with van der Waals surface area (Å²) in [6.45, 7) is 4.05. The van der Waals surface area contributed by atoms with Crippen LogP contribution in [0, 0.1) is 31.5 Å². The first-order valence-electron chi connectivity index (χ1n) is 11.9. The van der Waals surface area contributed by atoms with Gasteiger partial charge in [-0.15, -0.1) is 0 Å². The van der Waals surface area contributed by atoms with Crippen LogP contribution in [0.2, 0.25) is 0 Å². The molecule has 1 amide bonds. The molecule has 182 valence electrons. The number of nitrogen functional groups attached to an aromatic ring is 1. The van der Waals surface area contributed by atoms with Gasteiger partial charge in [0.15, 0.2) is 0 Å². The fourth-order valence-corrected chi connectivity index (χ4v) is 5.76. The van der Waals surface area contributed by atoms with Crippen molar-refractivity contribution in [3.63, 3.8) is 0 Å². The van der Waals surface area contributed by atoms with E-state index in [2.05, 4.69) is 10.3 Å². The lowest BCUT2D eigenvalue weighted by atomic mass is 9.72. The average Bonchev–Trinajstić information content (AvgIpc) is 3.41. The number of benzene rings is 2. The number of ether oxygens (including phenoxy) is 1. The van der Waals surface area contributed by atoms with Gasteiger partial charge in [0.05, 0.1) is 18.1 Å². The molecule has 1 aliphatic carbocycles. The monoisotopic (exact) mass is 485 g/mol. The molecule has 0 spiro atoms. The Morgan fingerprint density at radius 2 is 1.78 bits per heavy atom. The summed E-state index contributed by atoms with van der Waals surface area (Å²) < 4.78 is 35.0. The lowest BCUT2D eigenvalue weighted by molar-refractivity contribution is -0.117. The second-order valence-corrected chi connectivity index (χ2v) is 9.69. The highest BCUT2D eigenvalue weighted by atomic mass is 19.1. The van der Waals surface area contributed by atoms with Gasteiger partial charge in [0.1, 0.15) is 17.5 Å². The summed E-state index contributed by atoms with van der Waals surface area (Å²) in [7, 11) is 0. The molecule has 2 aliphatic heterocycles. The number of amides is 1. The van der Waals surface area contributed by atoms with Gasteiger partial charge in [0.2, 0.25) is 0 Å². The summed E-state index contributed by atoms with van der Waals surface area (Å²) in [5, 5.41) is 2.90. The molecule has 7 heteroatoms. The molecule has 0 saturated carbocycles. The van der Waals surface area contributed by atoms with E-state index in [-0.39, 0.29) is 36.1 Å². The second-order valence-electron chi connectivity index (χ2n) is 9.69. The van der Waals surface area contributed by atoms with E-state index in [9.17, 15) is 9.18 Å². The number of rotatable bonds is 4. The lowest BCUT2D eigenvalue weighted by Crippen LogP contribution is -2.29. The average molecular weight is 486 g/mol. The minimum atomic E-state index is -0.465. The van der Waals surface area contributed by atoms with Crippen LogP contribution in [0.3, 0.4) is 0 Å². The van der Waals surface area contributed by atoms with Crippen molar-refractivity contribution in [3.8, 4) is 11.1 Å². The van der Waals surface area contributed by atoms with Gasteiger partial charge in [-0.3, -0.25) is 4.79 Å². The van der Waals surface area contributed by atoms with E-state index in [4.69, 9.17) is 10.5 Å². The molecule has 0 radical (unpaired) electrons. The zero-order valence-electron chi connectivity index (χ0n) is 19.9. The van der Waals surface area contributed by atoms with Crippen molar-refractivity contribution in [2.45, 2.75) is 32.6 Å². The first kappa shape index (κ1) is 22.6. The molecule has 36 heavy (non-hydrogen) atoms. The van der Waals surface area contributed by atoms with Gasteiger partial charge in [-0.05, 0) is 77.6 Å². The van der Waals surface area contributed by atoms with Crippen LogP contribution >= 0.6 is 0 Å². The summed E-state index contributed by atoms with van der Waals surface area (Å²) in [4.78, 5) is 17.2. The van der Waals surface area contributed by atoms with Crippen molar-refractivity contribution in [3.05, 3.63) is 106 Å². The van der Waals surface area contributed by atoms with Crippen LogP contribution < -0.4 is 11.1 Å². The molecule has 1 saturated heterocycles. The van der Waals surface area contributed by atoms with E-state index in [0.29, 0.717) is 11.4 Å². The van der Waals surface area contributed by atoms with Crippen LogP contribution in [0.15, 0.2) is 72.1 Å². The molecule has 3 aliphatic rings. The van der Waals surface area contributed by atoms with Crippen molar-refractivity contribution in [2.75, 3.05) is 5.73 Å². The van der Waals surface area contributed by atoms with Gasteiger partial charge in [-0.2, -0.15) is 0 Å². The molecule has 1 aromatic heterocycles. The SMILES string of the molecule is Cc1cc(N)nc(C)c1CNC(=O)C1=CC2C3O[C@H](c4cc(-c5ccc(F)cc5)ccc43)C2C(F)=C1. The zero-order chi connectivity index (χ0) is 25.1. The number of carbonyl (C=O) groups is 1. The number of aromatic nitrogens is 1. The van der Waals surface area contributed by atoms with E-state index >= 15 is 4.39 Å². The van der Waals surface area contributed by atoms with E-state index in [1.807, 2.05) is 38.1 Å². The predicted octanol–water partition coefficient (Wildman–Crippen LogP) is 5.55. The Morgan fingerprint density at radius 3 is 2.53 bits per heavy atom. The van der Waals surface area contributed by atoms with E-state index in [0.717, 1.165) is 39.1 Å². The maximum atomic E-state index is 15.4. The normalized spacial score (nSPS) is 23.6. The first-order valence-corrected chi connectivity index (χ1v) is 11.9. The molecular formula is C29H25F2N3O2. The Balaban J connectivity index is 1.24. The molecule has 2 bridgehead atoms. The van der Waals surface area contributed by atoms with Crippen LogP contribution in [-0.4, -0.2) is 10.9 Å². The van der Waals surface area contributed by atoms with Crippen LogP contribution in [0.5, 0.6) is 0 Å². The molecule has 2 aromatic carbocycles. The number of pyridine rings is 1. The Hall–Kier alpha value is -3.84. The van der Waals surface area contributed by atoms with Crippen molar-refractivity contribution in [1.82, 2.24) is 10.3 Å². The number of fused-ring (bicyclic) bond motifs is 8. The number of anilines is 1. The largest absolute Gasteiger partial charge is 0.384 e. The highest BCUT2D eigenvalue weighted by molar-refractivity contribution is 5.96. The number of aryl methyl sites for hydroxylation is 2. The molecule has 3 aromatic rings. The molecular weight excluding hydrogens is 460 g/mol. The third-order valence-corrected chi connectivity index (χ3v) is 7.51. The fraction of sp³-hybridized carbons (Fsp3) is 0.241. The van der Waals surface area contributed by atoms with Gasteiger partial charge in [0, 0.05) is 23.7 Å². The Kier molecular flexibility index (Phi) is 5.26. The minimum Gasteiger partial charge on any atom is -0.384 e. The molecule has 3 unspecified atom stereocenters. The third kappa shape index (κ3) is 3.62. The summed E-state index contributed by atoms with van der Waals surface area (Å²) in [5.74, 6) is -1.26. The molecule has 5 nitrogen and oxygen atoms in total. The molecule has 3 heterocycles. The van der Waals surface area contributed by atoms with Crippen LogP contribution in [-0.2, 0) is 16.1 Å². The standard InChI is InChI=1S/C29H25F2N3O2/c1-14-9-25(32)34-15(2)23(14)13-33-29(35)18-11-22-26(24(31)12-18)28-21-10-17(5-8-20(21)27(22)36-28)16-3-6-19(30)7-4-16/h3-12,22,26-28H,13H2,1-2H3,(H2,32,34)(H,33,35)/t22?,26?,27?,28-/m1/s1. The summed E-state index contributed by atoms with van der Waals surface area (Å²) in [5.41, 5.74) is 12.5. The number of hydrogen-bond donors (Lipinski definition) is 2. The van der Waals surface area contributed by atoms with Crippen LogP contribution in [0.4, 0.5) is 14.6 Å². The number of nitrogens with one attached hydrogen (secondary N) is 1. The summed E-state index contributed by atoms with van der Waals surface area (Å²) in [6, 6.07) is 14.1. The predicted molar refractivity (Wildman–Crippen MR) is 133 cm³/mol. The van der Waals surface area contributed by atoms with Gasteiger partial charge < -0.3 is 15.8 Å². The number of nitrogens with two attached hydrogens (primary N) is 1. The maximum absolute atomic E-state index is 15.4.